The van der Waals surface area contributed by atoms with Gasteiger partial charge in [0.1, 0.15) is 0 Å². The number of anilines is 1. The predicted molar refractivity (Wildman–Crippen MR) is 110 cm³/mol. The van der Waals surface area contributed by atoms with Gasteiger partial charge in [0.15, 0.2) is 0 Å². The minimum atomic E-state index is -0.188. The van der Waals surface area contributed by atoms with E-state index >= 15 is 0 Å². The van der Waals surface area contributed by atoms with Crippen molar-refractivity contribution in [3.05, 3.63) is 76.2 Å². The third-order valence-corrected chi connectivity index (χ3v) is 4.72. The molecule has 27 heavy (non-hydrogen) atoms. The summed E-state index contributed by atoms with van der Waals surface area (Å²) in [5.74, 6) is -0.188. The van der Waals surface area contributed by atoms with Crippen molar-refractivity contribution in [2.24, 2.45) is 0 Å². The van der Waals surface area contributed by atoms with Gasteiger partial charge in [-0.25, -0.2) is 0 Å². The molecule has 0 aliphatic rings. The van der Waals surface area contributed by atoms with Crippen LogP contribution in [0.3, 0.4) is 0 Å². The van der Waals surface area contributed by atoms with Gasteiger partial charge < -0.3 is 15.3 Å². The van der Waals surface area contributed by atoms with Gasteiger partial charge in [0.25, 0.3) is 5.91 Å². The summed E-state index contributed by atoms with van der Waals surface area (Å²) in [6.07, 6.45) is 1.85. The average Bonchev–Trinajstić information content (AvgIpc) is 3.07. The fraction of sp³-hybridized carbons (Fsp3) is 0.182. The minimum Gasteiger partial charge on any atom is -0.361 e. The van der Waals surface area contributed by atoms with E-state index in [1.807, 2.05) is 36.5 Å². The molecule has 1 amide bonds. The van der Waals surface area contributed by atoms with Gasteiger partial charge in [-0.2, -0.15) is 0 Å². The second-order valence-corrected chi connectivity index (χ2v) is 7.79. The summed E-state index contributed by atoms with van der Waals surface area (Å²) in [7, 11) is 0. The first-order valence-corrected chi connectivity index (χ1v) is 8.87. The summed E-state index contributed by atoms with van der Waals surface area (Å²) in [5, 5.41) is 4.88. The zero-order valence-corrected chi connectivity index (χ0v) is 15.5. The number of amides is 1. The molecular formula is C22H21N3O2. The smallest absolute Gasteiger partial charge is 0.255 e. The second-order valence-electron chi connectivity index (χ2n) is 7.79. The molecule has 0 spiro atoms. The Labute approximate surface area is 156 Å². The number of aromatic amines is 2. The molecule has 4 aromatic rings. The molecule has 0 aliphatic heterocycles. The number of carbonyl (C=O) groups is 1. The van der Waals surface area contributed by atoms with E-state index in [1.54, 1.807) is 18.2 Å². The molecule has 136 valence electrons. The van der Waals surface area contributed by atoms with Crippen molar-refractivity contribution in [2.75, 3.05) is 5.32 Å². The maximum Gasteiger partial charge on any atom is 0.255 e. The van der Waals surface area contributed by atoms with E-state index in [4.69, 9.17) is 0 Å². The number of nitrogens with one attached hydrogen (secondary N) is 3. The van der Waals surface area contributed by atoms with Crippen LogP contribution in [0.1, 0.15) is 36.7 Å². The maximum absolute atomic E-state index is 12.6. The van der Waals surface area contributed by atoms with Crippen molar-refractivity contribution in [3.63, 3.8) is 0 Å². The molecule has 0 atom stereocenters. The van der Waals surface area contributed by atoms with E-state index in [0.717, 1.165) is 21.9 Å². The van der Waals surface area contributed by atoms with Gasteiger partial charge in [-0.3, -0.25) is 9.59 Å². The van der Waals surface area contributed by atoms with Gasteiger partial charge in [0.2, 0.25) is 5.56 Å². The predicted octanol–water partition coefficient (Wildman–Crippen LogP) is 4.56. The van der Waals surface area contributed by atoms with Gasteiger partial charge in [-0.05, 0) is 47.4 Å². The van der Waals surface area contributed by atoms with E-state index < -0.39 is 0 Å². The lowest BCUT2D eigenvalue weighted by Crippen LogP contribution is -2.17. The molecule has 3 N–H and O–H groups in total. The zero-order valence-electron chi connectivity index (χ0n) is 15.5. The minimum absolute atomic E-state index is 0.145. The maximum atomic E-state index is 12.6. The van der Waals surface area contributed by atoms with Crippen LogP contribution in [0.4, 0.5) is 5.69 Å². The van der Waals surface area contributed by atoms with Crippen LogP contribution in [0.2, 0.25) is 0 Å². The standard InChI is InChI=1S/C22H21N3O2/c1-22(2,3)17-12-20(26)25-19-11-15(5-6-16(17)19)24-21(27)14-4-7-18-13(10-14)8-9-23-18/h4-12,23H,1-3H3,(H,24,27)(H,25,26). The molecule has 0 radical (unpaired) electrons. The highest BCUT2D eigenvalue weighted by molar-refractivity contribution is 6.07. The molecule has 0 saturated heterocycles. The largest absolute Gasteiger partial charge is 0.361 e. The normalized spacial score (nSPS) is 11.8. The van der Waals surface area contributed by atoms with Gasteiger partial charge >= 0.3 is 0 Å². The molecule has 2 aromatic heterocycles. The van der Waals surface area contributed by atoms with Crippen LogP contribution in [0, 0.1) is 0 Å². The Morgan fingerprint density at radius 3 is 2.56 bits per heavy atom. The lowest BCUT2D eigenvalue weighted by molar-refractivity contribution is 0.102. The molecule has 2 heterocycles. The fourth-order valence-electron chi connectivity index (χ4n) is 3.36. The number of aromatic nitrogens is 2. The van der Waals surface area contributed by atoms with E-state index in [0.29, 0.717) is 16.8 Å². The molecule has 2 aromatic carbocycles. The van der Waals surface area contributed by atoms with Crippen LogP contribution in [0.5, 0.6) is 0 Å². The molecule has 0 bridgehead atoms. The molecule has 0 fully saturated rings. The highest BCUT2D eigenvalue weighted by Gasteiger charge is 2.18. The van der Waals surface area contributed by atoms with Gasteiger partial charge in [0, 0.05) is 39.8 Å². The monoisotopic (exact) mass is 359 g/mol. The number of pyridine rings is 1. The van der Waals surface area contributed by atoms with Crippen molar-refractivity contribution in [3.8, 4) is 0 Å². The van der Waals surface area contributed by atoms with Crippen molar-refractivity contribution in [1.82, 2.24) is 9.97 Å². The topological polar surface area (TPSA) is 77.8 Å². The summed E-state index contributed by atoms with van der Waals surface area (Å²) in [5.41, 5.74) is 3.62. The van der Waals surface area contributed by atoms with E-state index in [-0.39, 0.29) is 16.9 Å². The first-order valence-electron chi connectivity index (χ1n) is 8.87. The molecule has 5 nitrogen and oxygen atoms in total. The Kier molecular flexibility index (Phi) is 3.88. The third-order valence-electron chi connectivity index (χ3n) is 4.72. The Morgan fingerprint density at radius 2 is 1.78 bits per heavy atom. The average molecular weight is 359 g/mol. The number of H-pyrrole nitrogens is 2. The lowest BCUT2D eigenvalue weighted by Gasteiger charge is -2.21. The van der Waals surface area contributed by atoms with E-state index in [1.165, 1.54) is 0 Å². The number of hydrogen-bond donors (Lipinski definition) is 3. The van der Waals surface area contributed by atoms with Crippen LogP contribution < -0.4 is 10.9 Å². The number of hydrogen-bond acceptors (Lipinski definition) is 2. The van der Waals surface area contributed by atoms with Crippen molar-refractivity contribution < 1.29 is 4.79 Å². The van der Waals surface area contributed by atoms with E-state index in [9.17, 15) is 9.59 Å². The highest BCUT2D eigenvalue weighted by Crippen LogP contribution is 2.29. The molecule has 0 unspecified atom stereocenters. The second kappa shape index (κ2) is 6.13. The number of benzene rings is 2. The summed E-state index contributed by atoms with van der Waals surface area (Å²) in [4.78, 5) is 30.7. The third kappa shape index (κ3) is 3.24. The van der Waals surface area contributed by atoms with Crippen LogP contribution in [-0.2, 0) is 5.41 Å². The Bertz CT molecular complexity index is 1230. The van der Waals surface area contributed by atoms with E-state index in [2.05, 4.69) is 36.1 Å². The summed E-state index contributed by atoms with van der Waals surface area (Å²) < 4.78 is 0. The van der Waals surface area contributed by atoms with Gasteiger partial charge in [0.05, 0.1) is 5.52 Å². The molecular weight excluding hydrogens is 338 g/mol. The first-order chi connectivity index (χ1) is 12.8. The van der Waals surface area contributed by atoms with Gasteiger partial charge in [-0.1, -0.05) is 26.8 Å². The van der Waals surface area contributed by atoms with Gasteiger partial charge in [-0.15, -0.1) is 0 Å². The molecule has 4 rings (SSSR count). The quantitative estimate of drug-likeness (QED) is 0.491. The Balaban J connectivity index is 1.69. The van der Waals surface area contributed by atoms with Crippen molar-refractivity contribution in [2.45, 2.75) is 26.2 Å². The number of rotatable bonds is 2. The Morgan fingerprint density at radius 1 is 0.963 bits per heavy atom. The fourth-order valence-corrected chi connectivity index (χ4v) is 3.36. The van der Waals surface area contributed by atoms with Crippen molar-refractivity contribution in [1.29, 1.82) is 0 Å². The summed E-state index contributed by atoms with van der Waals surface area (Å²) in [6.45, 7) is 6.23. The number of carbonyl (C=O) groups excluding carboxylic acids is 1. The van der Waals surface area contributed by atoms with Crippen LogP contribution >= 0.6 is 0 Å². The lowest BCUT2D eigenvalue weighted by atomic mass is 9.85. The summed E-state index contributed by atoms with van der Waals surface area (Å²) >= 11 is 0. The Hall–Kier alpha value is -3.34. The molecule has 0 saturated carbocycles. The highest BCUT2D eigenvalue weighted by atomic mass is 16.1. The SMILES string of the molecule is CC(C)(C)c1cc(=O)[nH]c2cc(NC(=O)c3ccc4[nH]ccc4c3)ccc12. The first kappa shape index (κ1) is 17.1. The summed E-state index contributed by atoms with van der Waals surface area (Å²) in [6, 6.07) is 14.7. The number of fused-ring (bicyclic) bond motifs is 2. The van der Waals surface area contributed by atoms with Crippen LogP contribution in [-0.4, -0.2) is 15.9 Å². The van der Waals surface area contributed by atoms with Crippen LogP contribution in [0.15, 0.2) is 59.5 Å². The molecule has 5 heteroatoms. The van der Waals surface area contributed by atoms with Crippen LogP contribution in [0.25, 0.3) is 21.8 Å². The van der Waals surface area contributed by atoms with Crippen molar-refractivity contribution >= 4 is 33.4 Å². The molecule has 0 aliphatic carbocycles. The zero-order chi connectivity index (χ0) is 19.2.